The molecule has 0 aromatic carbocycles. The molecule has 0 bridgehead atoms. The zero-order chi connectivity index (χ0) is 8.48. The van der Waals surface area contributed by atoms with Gasteiger partial charge in [-0.05, 0) is 5.54 Å². The second-order valence-electron chi connectivity index (χ2n) is 4.11. The second-order valence-corrected chi connectivity index (χ2v) is 10.0. The van der Waals surface area contributed by atoms with E-state index in [9.17, 15) is 0 Å². The summed E-state index contributed by atoms with van der Waals surface area (Å²) >= 11 is 5.87. The highest BCUT2D eigenvalue weighted by molar-refractivity contribution is 7.12. The first kappa shape index (κ1) is 9.14. The summed E-state index contributed by atoms with van der Waals surface area (Å²) in [7, 11) is -1.02. The van der Waals surface area contributed by atoms with Gasteiger partial charge in [0.05, 0.1) is 8.07 Å². The third-order valence-corrected chi connectivity index (χ3v) is 4.68. The molecule has 1 heterocycles. The van der Waals surface area contributed by atoms with Gasteiger partial charge in [-0.25, -0.2) is 0 Å². The molecule has 0 fully saturated rings. The van der Waals surface area contributed by atoms with Crippen molar-refractivity contribution in [3.63, 3.8) is 0 Å². The van der Waals surface area contributed by atoms with Crippen molar-refractivity contribution in [2.24, 2.45) is 0 Å². The molecule has 1 rings (SSSR count). The Morgan fingerprint density at radius 1 is 1.18 bits per heavy atom. The van der Waals surface area contributed by atoms with Gasteiger partial charge in [-0.2, -0.15) is 11.5 Å². The minimum absolute atomic E-state index is 0.127. The Kier molecular flexibility index (Phi) is 2.66. The lowest BCUT2D eigenvalue weighted by atomic mass is 9.73. The van der Waals surface area contributed by atoms with Crippen molar-refractivity contribution in [3.05, 3.63) is 24.1 Å². The Bertz CT molecular complexity index is 179. The molecular formula is C8H14BClSi. The zero-order valence-electron chi connectivity index (χ0n) is 7.34. The first-order valence-electron chi connectivity index (χ1n) is 4.01. The third-order valence-electron chi connectivity index (χ3n) is 2.00. The van der Waals surface area contributed by atoms with Crippen LogP contribution in [-0.4, -0.2) is 14.2 Å². The predicted molar refractivity (Wildman–Crippen MR) is 57.0 cm³/mol. The fourth-order valence-electron chi connectivity index (χ4n) is 1.16. The number of allylic oxidation sites excluding steroid dienone is 2. The minimum atomic E-state index is -1.02. The smallest absolute Gasteiger partial charge is 0.183 e. The van der Waals surface area contributed by atoms with E-state index < -0.39 is 8.07 Å². The van der Waals surface area contributed by atoms with Crippen LogP contribution in [0.1, 0.15) is 0 Å². The van der Waals surface area contributed by atoms with Crippen LogP contribution in [-0.2, 0) is 0 Å². The lowest BCUT2D eigenvalue weighted by Gasteiger charge is -2.25. The van der Waals surface area contributed by atoms with E-state index in [1.807, 2.05) is 0 Å². The molecule has 0 spiro atoms. The predicted octanol–water partition coefficient (Wildman–Crippen LogP) is 3.13. The molecule has 0 aromatic heterocycles. The number of halogens is 1. The molecule has 0 saturated carbocycles. The molecule has 11 heavy (non-hydrogen) atoms. The molecule has 0 unspecified atom stereocenters. The highest BCUT2D eigenvalue weighted by atomic mass is 35.5. The fraction of sp³-hybridized carbons (Fsp3) is 0.500. The molecule has 0 aliphatic carbocycles. The SMILES string of the molecule is C[Si](C)(C)C1C=CB(Cl)C=C1. The van der Waals surface area contributed by atoms with Crippen LogP contribution in [0.5, 0.6) is 0 Å². The molecule has 0 saturated heterocycles. The van der Waals surface area contributed by atoms with Gasteiger partial charge in [-0.1, -0.05) is 43.7 Å². The van der Waals surface area contributed by atoms with Gasteiger partial charge < -0.3 is 0 Å². The van der Waals surface area contributed by atoms with Gasteiger partial charge in [0.2, 0.25) is 0 Å². The largest absolute Gasteiger partial charge is 0.300 e. The van der Waals surface area contributed by atoms with Crippen LogP contribution >= 0.6 is 11.5 Å². The van der Waals surface area contributed by atoms with E-state index in [0.29, 0.717) is 5.54 Å². The van der Waals surface area contributed by atoms with Gasteiger partial charge in [-0.15, -0.1) is 0 Å². The Balaban J connectivity index is 2.66. The minimum Gasteiger partial charge on any atom is -0.183 e. The molecule has 0 radical (unpaired) electrons. The first-order valence-corrected chi connectivity index (χ1v) is 8.02. The van der Waals surface area contributed by atoms with Crippen LogP contribution in [0.3, 0.4) is 0 Å². The second kappa shape index (κ2) is 3.20. The van der Waals surface area contributed by atoms with Crippen LogP contribution < -0.4 is 0 Å². The molecule has 0 atom stereocenters. The van der Waals surface area contributed by atoms with Crippen molar-refractivity contribution in [3.8, 4) is 0 Å². The summed E-state index contributed by atoms with van der Waals surface area (Å²) in [5.74, 6) is 4.18. The maximum atomic E-state index is 5.87. The van der Waals surface area contributed by atoms with Gasteiger partial charge in [0.1, 0.15) is 0 Å². The summed E-state index contributed by atoms with van der Waals surface area (Å²) < 4.78 is 0. The van der Waals surface area contributed by atoms with Crippen molar-refractivity contribution in [1.29, 1.82) is 0 Å². The van der Waals surface area contributed by atoms with E-state index in [1.165, 1.54) is 0 Å². The molecular weight excluding hydrogens is 170 g/mol. The fourth-order valence-corrected chi connectivity index (χ4v) is 2.70. The van der Waals surface area contributed by atoms with E-state index in [-0.39, 0.29) is 6.13 Å². The highest BCUT2D eigenvalue weighted by Crippen LogP contribution is 2.27. The summed E-state index contributed by atoms with van der Waals surface area (Å²) in [4.78, 5) is 0. The standard InChI is InChI=1S/C8H14BClSi/c1-11(2,3)8-4-6-9(10)7-5-8/h4-8H,1-3H3. The van der Waals surface area contributed by atoms with Gasteiger partial charge in [0.25, 0.3) is 6.13 Å². The quantitative estimate of drug-likeness (QED) is 0.550. The van der Waals surface area contributed by atoms with Gasteiger partial charge in [0, 0.05) is 0 Å². The van der Waals surface area contributed by atoms with Crippen molar-refractivity contribution < 1.29 is 0 Å². The average Bonchev–Trinajstić information content (AvgIpc) is 1.86. The molecule has 3 heteroatoms. The summed E-state index contributed by atoms with van der Waals surface area (Å²) in [5, 5.41) is 0. The maximum absolute atomic E-state index is 5.87. The zero-order valence-corrected chi connectivity index (χ0v) is 9.10. The molecule has 60 valence electrons. The van der Waals surface area contributed by atoms with Crippen LogP contribution in [0.2, 0.25) is 25.2 Å². The number of rotatable bonds is 1. The lowest BCUT2D eigenvalue weighted by molar-refractivity contribution is 1.26. The maximum Gasteiger partial charge on any atom is 0.300 e. The van der Waals surface area contributed by atoms with Gasteiger partial charge >= 0.3 is 0 Å². The van der Waals surface area contributed by atoms with Crippen molar-refractivity contribution in [2.45, 2.75) is 25.2 Å². The topological polar surface area (TPSA) is 0 Å². The van der Waals surface area contributed by atoms with Crippen LogP contribution in [0.25, 0.3) is 0 Å². The molecule has 0 amide bonds. The Labute approximate surface area is 75.3 Å². The van der Waals surface area contributed by atoms with Crippen molar-refractivity contribution in [1.82, 2.24) is 0 Å². The van der Waals surface area contributed by atoms with E-state index in [2.05, 4.69) is 43.7 Å². The molecule has 0 N–H and O–H groups in total. The van der Waals surface area contributed by atoms with Crippen LogP contribution in [0.4, 0.5) is 0 Å². The lowest BCUT2D eigenvalue weighted by Crippen LogP contribution is -2.27. The molecule has 1 aliphatic heterocycles. The van der Waals surface area contributed by atoms with E-state index in [0.717, 1.165) is 0 Å². The van der Waals surface area contributed by atoms with Crippen LogP contribution in [0.15, 0.2) is 24.1 Å². The third kappa shape index (κ3) is 2.53. The molecule has 0 nitrogen and oxygen atoms in total. The van der Waals surface area contributed by atoms with E-state index >= 15 is 0 Å². The van der Waals surface area contributed by atoms with Crippen LogP contribution in [0, 0.1) is 0 Å². The van der Waals surface area contributed by atoms with Crippen molar-refractivity contribution in [2.75, 3.05) is 0 Å². The summed E-state index contributed by atoms with van der Waals surface area (Å²) in [6.45, 7) is 7.13. The first-order chi connectivity index (χ1) is 5.00. The Morgan fingerprint density at radius 2 is 1.64 bits per heavy atom. The van der Waals surface area contributed by atoms with E-state index in [4.69, 9.17) is 11.5 Å². The summed E-state index contributed by atoms with van der Waals surface area (Å²) in [5.41, 5.74) is 0.678. The monoisotopic (exact) mass is 184 g/mol. The number of hydrogen-bond donors (Lipinski definition) is 0. The Morgan fingerprint density at radius 3 is 2.00 bits per heavy atom. The van der Waals surface area contributed by atoms with Crippen molar-refractivity contribution >= 4 is 25.7 Å². The van der Waals surface area contributed by atoms with E-state index in [1.54, 1.807) is 0 Å². The normalized spacial score (nSPS) is 19.5. The highest BCUT2D eigenvalue weighted by Gasteiger charge is 2.24. The summed E-state index contributed by atoms with van der Waals surface area (Å²) in [6.07, 6.45) is 4.64. The number of hydrogen-bond acceptors (Lipinski definition) is 0. The molecule has 1 aliphatic rings. The van der Waals surface area contributed by atoms with Gasteiger partial charge in [-0.3, -0.25) is 0 Å². The summed E-state index contributed by atoms with van der Waals surface area (Å²) in [6, 6.07) is 0. The Hall–Kier alpha value is 0.0518. The molecule has 0 aromatic rings. The average molecular weight is 185 g/mol. The van der Waals surface area contributed by atoms with Gasteiger partial charge in [0.15, 0.2) is 0 Å².